The normalized spacial score (nSPS) is 19.7. The van der Waals surface area contributed by atoms with Gasteiger partial charge in [-0.2, -0.15) is 0 Å². The molecule has 0 bridgehead atoms. The monoisotopic (exact) mass is 335 g/mol. The molecule has 1 fully saturated rings. The molecule has 0 aromatic heterocycles. The number of benzene rings is 1. The summed E-state index contributed by atoms with van der Waals surface area (Å²) in [6.07, 6.45) is 3.15. The molecule has 132 valence electrons. The van der Waals surface area contributed by atoms with Gasteiger partial charge in [0, 0.05) is 12.5 Å². The highest BCUT2D eigenvalue weighted by molar-refractivity contribution is 5.78. The largest absolute Gasteiger partial charge is 0.494 e. The van der Waals surface area contributed by atoms with Crippen LogP contribution in [0.3, 0.4) is 0 Å². The predicted molar refractivity (Wildman–Crippen MR) is 89.2 cm³/mol. The average Bonchev–Trinajstić information content (AvgIpc) is 3.02. The molecule has 0 aliphatic heterocycles. The SMILES string of the molecule is CCOc1ccc(OCCCC(=O)N[C@@H]2CCC[C@@H]2C(=O)O)cc1. The Morgan fingerprint density at radius 2 is 1.83 bits per heavy atom. The molecule has 0 spiro atoms. The van der Waals surface area contributed by atoms with Gasteiger partial charge in [0.05, 0.1) is 19.1 Å². The maximum Gasteiger partial charge on any atom is 0.308 e. The summed E-state index contributed by atoms with van der Waals surface area (Å²) in [5.74, 6) is 0.156. The number of carboxylic acid groups (broad SMARTS) is 1. The number of carbonyl (C=O) groups excluding carboxylic acids is 1. The zero-order chi connectivity index (χ0) is 17.4. The van der Waals surface area contributed by atoms with E-state index in [4.69, 9.17) is 14.6 Å². The highest BCUT2D eigenvalue weighted by Crippen LogP contribution is 2.26. The fourth-order valence-corrected chi connectivity index (χ4v) is 2.93. The van der Waals surface area contributed by atoms with Crippen LogP contribution in [0.2, 0.25) is 0 Å². The van der Waals surface area contributed by atoms with Crippen LogP contribution in [0.1, 0.15) is 39.0 Å². The summed E-state index contributed by atoms with van der Waals surface area (Å²) in [6.45, 7) is 2.99. The molecular formula is C18H25NO5. The van der Waals surface area contributed by atoms with Crippen molar-refractivity contribution in [3.8, 4) is 11.5 Å². The van der Waals surface area contributed by atoms with Crippen LogP contribution in [0.5, 0.6) is 11.5 Å². The minimum atomic E-state index is -0.823. The highest BCUT2D eigenvalue weighted by atomic mass is 16.5. The molecule has 6 heteroatoms. The molecule has 6 nitrogen and oxygen atoms in total. The maximum atomic E-state index is 11.9. The second-order valence-electron chi connectivity index (χ2n) is 5.91. The first-order valence-corrected chi connectivity index (χ1v) is 8.48. The predicted octanol–water partition coefficient (Wildman–Crippen LogP) is 2.61. The second kappa shape index (κ2) is 9.15. The van der Waals surface area contributed by atoms with E-state index < -0.39 is 11.9 Å². The minimum Gasteiger partial charge on any atom is -0.494 e. The first-order valence-electron chi connectivity index (χ1n) is 8.48. The lowest BCUT2D eigenvalue weighted by molar-refractivity contribution is -0.142. The molecule has 2 rings (SSSR count). The van der Waals surface area contributed by atoms with Gasteiger partial charge in [-0.25, -0.2) is 0 Å². The van der Waals surface area contributed by atoms with Crippen molar-refractivity contribution in [1.82, 2.24) is 5.32 Å². The summed E-state index contributed by atoms with van der Waals surface area (Å²) in [4.78, 5) is 23.0. The highest BCUT2D eigenvalue weighted by Gasteiger charge is 2.33. The van der Waals surface area contributed by atoms with Crippen LogP contribution >= 0.6 is 0 Å². The van der Waals surface area contributed by atoms with Crippen LogP contribution in [-0.2, 0) is 9.59 Å². The lowest BCUT2D eigenvalue weighted by Crippen LogP contribution is -2.40. The number of carbonyl (C=O) groups is 2. The summed E-state index contributed by atoms with van der Waals surface area (Å²) in [7, 11) is 0. The topological polar surface area (TPSA) is 84.9 Å². The van der Waals surface area contributed by atoms with Gasteiger partial charge >= 0.3 is 5.97 Å². The summed E-state index contributed by atoms with van der Waals surface area (Å²) in [5, 5.41) is 11.9. The third-order valence-electron chi connectivity index (χ3n) is 4.13. The molecule has 0 heterocycles. The van der Waals surface area contributed by atoms with E-state index in [1.807, 2.05) is 31.2 Å². The van der Waals surface area contributed by atoms with Crippen molar-refractivity contribution < 1.29 is 24.2 Å². The van der Waals surface area contributed by atoms with E-state index in [0.29, 0.717) is 32.5 Å². The second-order valence-corrected chi connectivity index (χ2v) is 5.91. The molecule has 1 amide bonds. The molecule has 1 aliphatic carbocycles. The number of rotatable bonds is 9. The van der Waals surface area contributed by atoms with Crippen LogP contribution in [0, 0.1) is 5.92 Å². The molecule has 1 saturated carbocycles. The Morgan fingerprint density at radius 3 is 2.46 bits per heavy atom. The molecule has 2 atom stereocenters. The minimum absolute atomic E-state index is 0.108. The van der Waals surface area contributed by atoms with Crippen LogP contribution in [0.25, 0.3) is 0 Å². The average molecular weight is 335 g/mol. The fraction of sp³-hybridized carbons (Fsp3) is 0.556. The number of nitrogens with one attached hydrogen (secondary N) is 1. The Balaban J connectivity index is 1.64. The van der Waals surface area contributed by atoms with E-state index in [9.17, 15) is 9.59 Å². The van der Waals surface area contributed by atoms with Gasteiger partial charge in [0.15, 0.2) is 0 Å². The molecule has 2 N–H and O–H groups in total. The lowest BCUT2D eigenvalue weighted by atomic mass is 10.0. The van der Waals surface area contributed by atoms with Crippen molar-refractivity contribution >= 4 is 11.9 Å². The van der Waals surface area contributed by atoms with Crippen molar-refractivity contribution in [3.05, 3.63) is 24.3 Å². The first-order chi connectivity index (χ1) is 11.6. The van der Waals surface area contributed by atoms with Gasteiger partial charge in [-0.1, -0.05) is 6.42 Å². The zero-order valence-electron chi connectivity index (χ0n) is 14.0. The number of carboxylic acids is 1. The van der Waals surface area contributed by atoms with Crippen LogP contribution < -0.4 is 14.8 Å². The van der Waals surface area contributed by atoms with Crippen molar-refractivity contribution in [3.63, 3.8) is 0 Å². The van der Waals surface area contributed by atoms with E-state index in [1.54, 1.807) is 0 Å². The van der Waals surface area contributed by atoms with E-state index in [-0.39, 0.29) is 11.9 Å². The molecule has 0 saturated heterocycles. The Bertz CT molecular complexity index is 543. The van der Waals surface area contributed by atoms with Crippen LogP contribution in [0.15, 0.2) is 24.3 Å². The lowest BCUT2D eigenvalue weighted by Gasteiger charge is -2.17. The number of hydrogen-bond donors (Lipinski definition) is 2. The van der Waals surface area contributed by atoms with Gasteiger partial charge in [-0.05, 0) is 50.5 Å². The number of aliphatic carboxylic acids is 1. The third kappa shape index (κ3) is 5.44. The fourth-order valence-electron chi connectivity index (χ4n) is 2.93. The summed E-state index contributed by atoms with van der Waals surface area (Å²) >= 11 is 0. The van der Waals surface area contributed by atoms with Gasteiger partial charge in [0.25, 0.3) is 0 Å². The van der Waals surface area contributed by atoms with Crippen LogP contribution in [-0.4, -0.2) is 36.2 Å². The number of ether oxygens (including phenoxy) is 2. The number of amides is 1. The summed E-state index contributed by atoms with van der Waals surface area (Å²) in [5.41, 5.74) is 0. The maximum absolute atomic E-state index is 11.9. The molecule has 0 unspecified atom stereocenters. The van der Waals surface area contributed by atoms with Crippen LogP contribution in [0.4, 0.5) is 0 Å². The zero-order valence-corrected chi connectivity index (χ0v) is 14.0. The molecule has 1 aromatic rings. The summed E-state index contributed by atoms with van der Waals surface area (Å²) in [6, 6.07) is 7.12. The Hall–Kier alpha value is -2.24. The van der Waals surface area contributed by atoms with E-state index in [1.165, 1.54) is 0 Å². The third-order valence-corrected chi connectivity index (χ3v) is 4.13. The molecule has 1 aromatic carbocycles. The van der Waals surface area contributed by atoms with E-state index >= 15 is 0 Å². The van der Waals surface area contributed by atoms with Gasteiger partial charge in [0.1, 0.15) is 11.5 Å². The first kappa shape index (κ1) is 18.1. The molecule has 0 radical (unpaired) electrons. The summed E-state index contributed by atoms with van der Waals surface area (Å²) < 4.78 is 10.9. The van der Waals surface area contributed by atoms with E-state index in [0.717, 1.165) is 24.3 Å². The van der Waals surface area contributed by atoms with Gasteiger partial charge in [-0.15, -0.1) is 0 Å². The quantitative estimate of drug-likeness (QED) is 0.678. The standard InChI is InChI=1S/C18H25NO5/c1-2-23-13-8-10-14(11-9-13)24-12-4-7-17(20)19-16-6-3-5-15(16)18(21)22/h8-11,15-16H,2-7,12H2,1H3,(H,19,20)(H,21,22)/t15-,16+/m0/s1. The molecular weight excluding hydrogens is 310 g/mol. The van der Waals surface area contributed by atoms with Gasteiger partial charge in [-0.3, -0.25) is 9.59 Å². The van der Waals surface area contributed by atoms with Gasteiger partial charge < -0.3 is 19.9 Å². The van der Waals surface area contributed by atoms with Crippen molar-refractivity contribution in [2.75, 3.05) is 13.2 Å². The Kier molecular flexibility index (Phi) is 6.90. The number of hydrogen-bond acceptors (Lipinski definition) is 4. The Morgan fingerprint density at radius 1 is 1.17 bits per heavy atom. The van der Waals surface area contributed by atoms with Crippen molar-refractivity contribution in [2.45, 2.75) is 45.1 Å². The Labute approximate surface area is 142 Å². The van der Waals surface area contributed by atoms with Crippen molar-refractivity contribution in [2.24, 2.45) is 5.92 Å². The van der Waals surface area contributed by atoms with Gasteiger partial charge in [0.2, 0.25) is 5.91 Å². The molecule has 24 heavy (non-hydrogen) atoms. The smallest absolute Gasteiger partial charge is 0.308 e. The van der Waals surface area contributed by atoms with E-state index in [2.05, 4.69) is 5.32 Å². The van der Waals surface area contributed by atoms with Crippen molar-refractivity contribution in [1.29, 1.82) is 0 Å². The molecule has 1 aliphatic rings.